The first-order valence-electron chi connectivity index (χ1n) is 5.61. The van der Waals surface area contributed by atoms with E-state index in [0.717, 1.165) is 18.7 Å². The Labute approximate surface area is 94.5 Å². The number of rotatable bonds is 3. The normalized spacial score (nSPS) is 22.2. The Morgan fingerprint density at radius 1 is 1.75 bits per heavy atom. The van der Waals surface area contributed by atoms with E-state index in [1.54, 1.807) is 6.07 Å². The average Bonchev–Trinajstić information content (AvgIpc) is 2.66. The van der Waals surface area contributed by atoms with Crippen LogP contribution in [-0.2, 0) is 6.42 Å². The molecule has 1 fully saturated rings. The third-order valence-electron chi connectivity index (χ3n) is 3.08. The Balaban J connectivity index is 1.95. The number of hydrogen-bond acceptors (Lipinski definition) is 3. The Hall–Kier alpha value is -1.36. The third-order valence-corrected chi connectivity index (χ3v) is 3.08. The number of aromatic carboxylic acids is 1. The van der Waals surface area contributed by atoms with Crippen LogP contribution in [0.1, 0.15) is 29.0 Å². The second-order valence-electron chi connectivity index (χ2n) is 4.56. The van der Waals surface area contributed by atoms with Gasteiger partial charge in [0.05, 0.1) is 0 Å². The highest BCUT2D eigenvalue weighted by molar-refractivity contribution is 5.85. The van der Waals surface area contributed by atoms with Gasteiger partial charge in [-0.05, 0) is 44.8 Å². The number of H-pyrrole nitrogens is 1. The van der Waals surface area contributed by atoms with E-state index in [1.165, 1.54) is 19.4 Å². The Morgan fingerprint density at radius 2 is 2.56 bits per heavy atom. The fourth-order valence-corrected chi connectivity index (χ4v) is 2.33. The van der Waals surface area contributed by atoms with Crippen molar-refractivity contribution < 1.29 is 9.90 Å². The maximum atomic E-state index is 10.7. The van der Waals surface area contributed by atoms with E-state index in [0.29, 0.717) is 5.92 Å². The molecule has 16 heavy (non-hydrogen) atoms. The molecule has 5 heteroatoms. The minimum absolute atomic E-state index is 0.110. The first-order valence-corrected chi connectivity index (χ1v) is 5.61. The predicted octanol–water partition coefficient (Wildman–Crippen LogP) is 0.992. The minimum atomic E-state index is -0.969. The van der Waals surface area contributed by atoms with E-state index in [2.05, 4.69) is 22.1 Å². The molecule has 1 unspecified atom stereocenters. The van der Waals surface area contributed by atoms with Crippen molar-refractivity contribution in [3.05, 3.63) is 17.5 Å². The van der Waals surface area contributed by atoms with Gasteiger partial charge in [0.15, 0.2) is 5.69 Å². The molecule has 0 aromatic carbocycles. The summed E-state index contributed by atoms with van der Waals surface area (Å²) in [6.07, 6.45) is 3.33. The quantitative estimate of drug-likeness (QED) is 0.801. The molecule has 0 bridgehead atoms. The van der Waals surface area contributed by atoms with Crippen LogP contribution in [0.15, 0.2) is 6.07 Å². The monoisotopic (exact) mass is 223 g/mol. The third kappa shape index (κ3) is 2.61. The highest BCUT2D eigenvalue weighted by Crippen LogP contribution is 2.19. The summed E-state index contributed by atoms with van der Waals surface area (Å²) < 4.78 is 0. The van der Waals surface area contributed by atoms with E-state index in [-0.39, 0.29) is 5.69 Å². The van der Waals surface area contributed by atoms with Gasteiger partial charge in [-0.1, -0.05) is 0 Å². The molecular formula is C11H17N3O2. The Morgan fingerprint density at radius 3 is 3.19 bits per heavy atom. The molecule has 0 saturated carbocycles. The van der Waals surface area contributed by atoms with Gasteiger partial charge >= 0.3 is 5.97 Å². The maximum Gasteiger partial charge on any atom is 0.356 e. The van der Waals surface area contributed by atoms with Crippen molar-refractivity contribution >= 4 is 5.97 Å². The summed E-state index contributed by atoms with van der Waals surface area (Å²) in [6.45, 7) is 2.25. The molecule has 1 aromatic heterocycles. The van der Waals surface area contributed by atoms with Crippen molar-refractivity contribution in [2.24, 2.45) is 5.92 Å². The van der Waals surface area contributed by atoms with Gasteiger partial charge in [0.2, 0.25) is 0 Å². The molecule has 1 aliphatic rings. The molecule has 1 saturated heterocycles. The van der Waals surface area contributed by atoms with Gasteiger partial charge in [-0.25, -0.2) is 4.79 Å². The van der Waals surface area contributed by atoms with Gasteiger partial charge in [0.1, 0.15) is 0 Å². The van der Waals surface area contributed by atoms with Crippen molar-refractivity contribution in [3.8, 4) is 0 Å². The molecule has 88 valence electrons. The second kappa shape index (κ2) is 4.65. The minimum Gasteiger partial charge on any atom is -0.476 e. The number of hydrogen-bond donors (Lipinski definition) is 2. The lowest BCUT2D eigenvalue weighted by Crippen LogP contribution is -2.33. The zero-order valence-electron chi connectivity index (χ0n) is 9.44. The largest absolute Gasteiger partial charge is 0.476 e. The smallest absolute Gasteiger partial charge is 0.356 e. The molecule has 0 aliphatic carbocycles. The number of aromatic amines is 1. The van der Waals surface area contributed by atoms with Crippen LogP contribution in [0.2, 0.25) is 0 Å². The number of carbonyl (C=O) groups is 1. The van der Waals surface area contributed by atoms with Crippen LogP contribution >= 0.6 is 0 Å². The van der Waals surface area contributed by atoms with Crippen LogP contribution in [0.4, 0.5) is 0 Å². The molecular weight excluding hydrogens is 206 g/mol. The summed E-state index contributed by atoms with van der Waals surface area (Å²) in [6, 6.07) is 1.64. The number of nitrogens with one attached hydrogen (secondary N) is 1. The van der Waals surface area contributed by atoms with Crippen molar-refractivity contribution in [3.63, 3.8) is 0 Å². The lowest BCUT2D eigenvalue weighted by Gasteiger charge is -2.29. The van der Waals surface area contributed by atoms with Gasteiger partial charge in [0, 0.05) is 12.2 Å². The van der Waals surface area contributed by atoms with Crippen LogP contribution in [0, 0.1) is 5.92 Å². The number of likely N-dealkylation sites (tertiary alicyclic amines) is 1. The SMILES string of the molecule is CN1CCCC(Cc2cc(C(=O)O)n[nH]2)C1. The number of nitrogens with zero attached hydrogens (tertiary/aromatic N) is 2. The van der Waals surface area contributed by atoms with Gasteiger partial charge < -0.3 is 10.0 Å². The Kier molecular flexibility index (Phi) is 3.24. The summed E-state index contributed by atoms with van der Waals surface area (Å²) in [4.78, 5) is 13.0. The lowest BCUT2D eigenvalue weighted by atomic mass is 9.94. The summed E-state index contributed by atoms with van der Waals surface area (Å²) in [5, 5.41) is 15.3. The molecule has 1 aromatic rings. The van der Waals surface area contributed by atoms with E-state index < -0.39 is 5.97 Å². The zero-order valence-corrected chi connectivity index (χ0v) is 9.44. The summed E-state index contributed by atoms with van der Waals surface area (Å²) >= 11 is 0. The summed E-state index contributed by atoms with van der Waals surface area (Å²) in [5.41, 5.74) is 1.04. The second-order valence-corrected chi connectivity index (χ2v) is 4.56. The molecule has 2 rings (SSSR count). The van der Waals surface area contributed by atoms with Crippen molar-refractivity contribution in [2.45, 2.75) is 19.3 Å². The van der Waals surface area contributed by atoms with Crippen LogP contribution < -0.4 is 0 Å². The predicted molar refractivity (Wildman–Crippen MR) is 59.5 cm³/mol. The molecule has 1 aliphatic heterocycles. The van der Waals surface area contributed by atoms with Crippen molar-refractivity contribution in [2.75, 3.05) is 20.1 Å². The number of piperidine rings is 1. The van der Waals surface area contributed by atoms with Crippen LogP contribution in [0.25, 0.3) is 0 Å². The molecule has 0 spiro atoms. The fraction of sp³-hybridized carbons (Fsp3) is 0.636. The average molecular weight is 223 g/mol. The number of carboxylic acids is 1. The van der Waals surface area contributed by atoms with E-state index in [9.17, 15) is 4.79 Å². The first kappa shape index (κ1) is 11.1. The van der Waals surface area contributed by atoms with Crippen LogP contribution in [0.3, 0.4) is 0 Å². The van der Waals surface area contributed by atoms with E-state index in [1.807, 2.05) is 0 Å². The highest BCUT2D eigenvalue weighted by Gasteiger charge is 2.19. The highest BCUT2D eigenvalue weighted by atomic mass is 16.4. The molecule has 1 atom stereocenters. The fourth-order valence-electron chi connectivity index (χ4n) is 2.33. The van der Waals surface area contributed by atoms with Gasteiger partial charge in [-0.15, -0.1) is 0 Å². The van der Waals surface area contributed by atoms with Gasteiger partial charge in [-0.2, -0.15) is 5.10 Å². The van der Waals surface area contributed by atoms with E-state index >= 15 is 0 Å². The maximum absolute atomic E-state index is 10.7. The molecule has 0 radical (unpaired) electrons. The van der Waals surface area contributed by atoms with Crippen LogP contribution in [0.5, 0.6) is 0 Å². The van der Waals surface area contributed by atoms with Crippen LogP contribution in [-0.4, -0.2) is 46.3 Å². The standard InChI is InChI=1S/C11H17N3O2/c1-14-4-2-3-8(7-14)5-9-6-10(11(15)16)13-12-9/h6,8H,2-5,7H2,1H3,(H,12,13)(H,15,16). The summed E-state index contributed by atoms with van der Waals surface area (Å²) in [5.74, 6) is -0.357. The first-order chi connectivity index (χ1) is 7.65. The Bertz CT molecular complexity index is 375. The number of aromatic nitrogens is 2. The molecule has 5 nitrogen and oxygen atoms in total. The van der Waals surface area contributed by atoms with Gasteiger partial charge in [0.25, 0.3) is 0 Å². The van der Waals surface area contributed by atoms with E-state index in [4.69, 9.17) is 5.11 Å². The van der Waals surface area contributed by atoms with Gasteiger partial charge in [-0.3, -0.25) is 5.10 Å². The molecule has 2 N–H and O–H groups in total. The number of carboxylic acid groups (broad SMARTS) is 1. The lowest BCUT2D eigenvalue weighted by molar-refractivity contribution is 0.0690. The topological polar surface area (TPSA) is 69.2 Å². The van der Waals surface area contributed by atoms with Crippen molar-refractivity contribution in [1.82, 2.24) is 15.1 Å². The molecule has 2 heterocycles. The zero-order chi connectivity index (χ0) is 11.5. The molecule has 0 amide bonds. The summed E-state index contributed by atoms with van der Waals surface area (Å²) in [7, 11) is 2.13. The van der Waals surface area contributed by atoms with Crippen molar-refractivity contribution in [1.29, 1.82) is 0 Å².